The van der Waals surface area contributed by atoms with Gasteiger partial charge >= 0.3 is 0 Å². The largest absolute Gasteiger partial charge is 0.378 e. The molecule has 14 heavy (non-hydrogen) atoms. The van der Waals surface area contributed by atoms with Crippen LogP contribution in [0, 0.1) is 5.41 Å². The third kappa shape index (κ3) is 1.49. The van der Waals surface area contributed by atoms with Gasteiger partial charge in [-0.05, 0) is 32.7 Å². The van der Waals surface area contributed by atoms with Crippen molar-refractivity contribution in [1.29, 1.82) is 0 Å². The molecule has 82 valence electrons. The summed E-state index contributed by atoms with van der Waals surface area (Å²) in [5.41, 5.74) is 0.518. The maximum Gasteiger partial charge on any atom is 0.0661 e. The fraction of sp³-hybridized carbons (Fsp3) is 1.00. The highest BCUT2D eigenvalue weighted by Gasteiger charge is 2.55. The van der Waals surface area contributed by atoms with Crippen LogP contribution in [0.1, 0.15) is 45.4 Å². The Morgan fingerprint density at radius 1 is 1.36 bits per heavy atom. The van der Waals surface area contributed by atoms with Crippen LogP contribution in [-0.4, -0.2) is 25.8 Å². The molecule has 1 spiro atoms. The molecule has 0 heterocycles. The topological polar surface area (TPSA) is 21.3 Å². The summed E-state index contributed by atoms with van der Waals surface area (Å²) in [6.07, 6.45) is 8.52. The molecule has 0 radical (unpaired) electrons. The third-order valence-corrected chi connectivity index (χ3v) is 4.19. The molecule has 2 aliphatic carbocycles. The Morgan fingerprint density at radius 2 is 2.07 bits per heavy atom. The SMILES string of the molecule is CCCOC1CC(NC)C12CCCC2. The van der Waals surface area contributed by atoms with E-state index in [4.69, 9.17) is 4.74 Å². The molecule has 0 bridgehead atoms. The summed E-state index contributed by atoms with van der Waals surface area (Å²) in [5.74, 6) is 0. The van der Waals surface area contributed by atoms with Crippen molar-refractivity contribution in [1.82, 2.24) is 5.32 Å². The van der Waals surface area contributed by atoms with Gasteiger partial charge in [-0.15, -0.1) is 0 Å². The second-order valence-corrected chi connectivity index (χ2v) is 4.88. The molecule has 2 saturated carbocycles. The molecule has 0 aliphatic heterocycles. The lowest BCUT2D eigenvalue weighted by Crippen LogP contribution is -2.61. The maximum atomic E-state index is 5.96. The molecular formula is C12H23NO. The van der Waals surface area contributed by atoms with Gasteiger partial charge < -0.3 is 10.1 Å². The highest BCUT2D eigenvalue weighted by atomic mass is 16.5. The van der Waals surface area contributed by atoms with Crippen molar-refractivity contribution in [3.8, 4) is 0 Å². The van der Waals surface area contributed by atoms with Gasteiger partial charge in [-0.2, -0.15) is 0 Å². The fourth-order valence-electron chi connectivity index (χ4n) is 3.35. The highest BCUT2D eigenvalue weighted by molar-refractivity contribution is 5.09. The van der Waals surface area contributed by atoms with Crippen LogP contribution in [0.5, 0.6) is 0 Å². The van der Waals surface area contributed by atoms with E-state index in [0.29, 0.717) is 11.5 Å². The number of rotatable bonds is 4. The van der Waals surface area contributed by atoms with Crippen molar-refractivity contribution in [2.45, 2.75) is 57.6 Å². The molecule has 2 rings (SSSR count). The van der Waals surface area contributed by atoms with Crippen molar-refractivity contribution in [2.75, 3.05) is 13.7 Å². The first-order valence-corrected chi connectivity index (χ1v) is 6.12. The van der Waals surface area contributed by atoms with E-state index in [0.717, 1.165) is 19.1 Å². The van der Waals surface area contributed by atoms with Gasteiger partial charge in [0.1, 0.15) is 0 Å². The number of nitrogens with one attached hydrogen (secondary N) is 1. The summed E-state index contributed by atoms with van der Waals surface area (Å²) in [4.78, 5) is 0. The first-order valence-electron chi connectivity index (χ1n) is 6.12. The van der Waals surface area contributed by atoms with Crippen LogP contribution >= 0.6 is 0 Å². The van der Waals surface area contributed by atoms with Gasteiger partial charge in [-0.1, -0.05) is 19.8 Å². The van der Waals surface area contributed by atoms with Gasteiger partial charge in [0.2, 0.25) is 0 Å². The molecular weight excluding hydrogens is 174 g/mol. The molecule has 2 fully saturated rings. The lowest BCUT2D eigenvalue weighted by atomic mass is 9.60. The fourth-order valence-corrected chi connectivity index (χ4v) is 3.35. The highest BCUT2D eigenvalue weighted by Crippen LogP contribution is 2.54. The van der Waals surface area contributed by atoms with E-state index in [1.165, 1.54) is 32.1 Å². The Kier molecular flexibility index (Phi) is 3.13. The van der Waals surface area contributed by atoms with E-state index in [-0.39, 0.29) is 0 Å². The van der Waals surface area contributed by atoms with E-state index in [9.17, 15) is 0 Å². The van der Waals surface area contributed by atoms with Crippen molar-refractivity contribution < 1.29 is 4.74 Å². The van der Waals surface area contributed by atoms with Gasteiger partial charge in [-0.25, -0.2) is 0 Å². The second-order valence-electron chi connectivity index (χ2n) is 4.88. The number of ether oxygens (including phenoxy) is 1. The van der Waals surface area contributed by atoms with E-state index in [1.54, 1.807) is 0 Å². The zero-order valence-corrected chi connectivity index (χ0v) is 9.51. The van der Waals surface area contributed by atoms with Gasteiger partial charge in [0.05, 0.1) is 6.10 Å². The second kappa shape index (κ2) is 4.19. The molecule has 0 amide bonds. The molecule has 1 N–H and O–H groups in total. The molecule has 2 nitrogen and oxygen atoms in total. The van der Waals surface area contributed by atoms with E-state index in [1.807, 2.05) is 0 Å². The maximum absolute atomic E-state index is 5.96. The van der Waals surface area contributed by atoms with E-state index >= 15 is 0 Å². The summed E-state index contributed by atoms with van der Waals surface area (Å²) < 4.78 is 5.96. The Bertz CT molecular complexity index is 185. The van der Waals surface area contributed by atoms with Crippen molar-refractivity contribution in [3.63, 3.8) is 0 Å². The standard InChI is InChI=1S/C12H23NO/c1-3-8-14-11-9-10(13-2)12(11)6-4-5-7-12/h10-11,13H,3-9H2,1-2H3. The first-order chi connectivity index (χ1) is 6.83. The van der Waals surface area contributed by atoms with Crippen molar-refractivity contribution >= 4 is 0 Å². The van der Waals surface area contributed by atoms with Crippen LogP contribution in [0.15, 0.2) is 0 Å². The molecule has 0 aromatic carbocycles. The minimum Gasteiger partial charge on any atom is -0.378 e. The monoisotopic (exact) mass is 197 g/mol. The van der Waals surface area contributed by atoms with Crippen LogP contribution < -0.4 is 5.32 Å². The molecule has 0 aromatic rings. The average Bonchev–Trinajstić information content (AvgIpc) is 2.68. The molecule has 2 atom stereocenters. The van der Waals surface area contributed by atoms with Gasteiger partial charge in [-0.3, -0.25) is 0 Å². The average molecular weight is 197 g/mol. The van der Waals surface area contributed by atoms with Crippen LogP contribution in [0.2, 0.25) is 0 Å². The molecule has 2 aliphatic rings. The normalized spacial score (nSPS) is 34.7. The van der Waals surface area contributed by atoms with Crippen LogP contribution in [0.25, 0.3) is 0 Å². The Hall–Kier alpha value is -0.0800. The Labute approximate surface area is 87.4 Å². The zero-order chi connectivity index (χ0) is 10.0. The molecule has 0 saturated heterocycles. The zero-order valence-electron chi connectivity index (χ0n) is 9.51. The minimum atomic E-state index is 0.518. The van der Waals surface area contributed by atoms with Crippen LogP contribution in [0.4, 0.5) is 0 Å². The summed E-state index contributed by atoms with van der Waals surface area (Å²) in [6, 6.07) is 0.729. The lowest BCUT2D eigenvalue weighted by molar-refractivity contribution is -0.131. The van der Waals surface area contributed by atoms with Crippen molar-refractivity contribution in [3.05, 3.63) is 0 Å². The van der Waals surface area contributed by atoms with E-state index < -0.39 is 0 Å². The minimum absolute atomic E-state index is 0.518. The Balaban J connectivity index is 1.93. The summed E-state index contributed by atoms with van der Waals surface area (Å²) in [5, 5.41) is 3.46. The predicted octanol–water partition coefficient (Wildman–Crippen LogP) is 2.33. The van der Waals surface area contributed by atoms with Gasteiger partial charge in [0.15, 0.2) is 0 Å². The quantitative estimate of drug-likeness (QED) is 0.747. The lowest BCUT2D eigenvalue weighted by Gasteiger charge is -2.54. The summed E-state index contributed by atoms with van der Waals surface area (Å²) >= 11 is 0. The van der Waals surface area contributed by atoms with E-state index in [2.05, 4.69) is 19.3 Å². The summed E-state index contributed by atoms with van der Waals surface area (Å²) in [6.45, 7) is 3.14. The van der Waals surface area contributed by atoms with Gasteiger partial charge in [0, 0.05) is 18.1 Å². The van der Waals surface area contributed by atoms with Crippen LogP contribution in [-0.2, 0) is 4.74 Å². The molecule has 0 aromatic heterocycles. The van der Waals surface area contributed by atoms with Gasteiger partial charge in [0.25, 0.3) is 0 Å². The Morgan fingerprint density at radius 3 is 2.64 bits per heavy atom. The first kappa shape index (κ1) is 10.4. The van der Waals surface area contributed by atoms with Crippen LogP contribution in [0.3, 0.4) is 0 Å². The number of hydrogen-bond acceptors (Lipinski definition) is 2. The molecule has 2 unspecified atom stereocenters. The summed E-state index contributed by atoms with van der Waals surface area (Å²) in [7, 11) is 2.10. The molecule has 2 heteroatoms. The third-order valence-electron chi connectivity index (χ3n) is 4.19. The number of hydrogen-bond donors (Lipinski definition) is 1. The van der Waals surface area contributed by atoms with Crippen molar-refractivity contribution in [2.24, 2.45) is 5.41 Å². The smallest absolute Gasteiger partial charge is 0.0661 e. The predicted molar refractivity (Wildman–Crippen MR) is 58.4 cm³/mol.